The van der Waals surface area contributed by atoms with Crippen molar-refractivity contribution < 1.29 is 13.5 Å². The van der Waals surface area contributed by atoms with Crippen LogP contribution >= 0.6 is 0 Å². The molecule has 0 atom stereocenters. The van der Waals surface area contributed by atoms with Crippen molar-refractivity contribution in [3.8, 4) is 0 Å². The van der Waals surface area contributed by atoms with E-state index in [4.69, 9.17) is 5.11 Å². The van der Waals surface area contributed by atoms with Gasteiger partial charge in [0.1, 0.15) is 0 Å². The molecule has 0 aliphatic carbocycles. The van der Waals surface area contributed by atoms with Crippen LogP contribution in [-0.4, -0.2) is 38.0 Å². The molecule has 0 aliphatic heterocycles. The van der Waals surface area contributed by atoms with Crippen LogP contribution in [0.1, 0.15) is 38.7 Å². The van der Waals surface area contributed by atoms with Crippen molar-refractivity contribution in [2.45, 2.75) is 44.4 Å². The molecule has 0 saturated carbocycles. The monoisotopic (exact) mass is 313 g/mol. The highest BCUT2D eigenvalue weighted by molar-refractivity contribution is 7.89. The van der Waals surface area contributed by atoms with Gasteiger partial charge in [-0.1, -0.05) is 26.0 Å². The average Bonchev–Trinajstić information content (AvgIpc) is 2.43. The maximum atomic E-state index is 12.4. The standard InChI is InChI=1S/C16H27NO3S/c1-14(2)13-15-7-9-16(10-8-15)21(19,20)17(3)11-5-4-6-12-18/h7-10,14,18H,4-6,11-13H2,1-3H3. The van der Waals surface area contributed by atoms with Gasteiger partial charge in [-0.05, 0) is 49.3 Å². The molecule has 1 aromatic carbocycles. The van der Waals surface area contributed by atoms with Gasteiger partial charge in [0.15, 0.2) is 0 Å². The van der Waals surface area contributed by atoms with E-state index in [9.17, 15) is 8.42 Å². The first-order valence-corrected chi connectivity index (χ1v) is 8.98. The molecule has 1 aromatic rings. The molecular weight excluding hydrogens is 286 g/mol. The summed E-state index contributed by atoms with van der Waals surface area (Å²) in [6.45, 7) is 4.93. The summed E-state index contributed by atoms with van der Waals surface area (Å²) in [5.41, 5.74) is 1.16. The number of hydrogen-bond acceptors (Lipinski definition) is 3. The molecule has 4 nitrogen and oxygen atoms in total. The number of aliphatic hydroxyl groups excluding tert-OH is 1. The fourth-order valence-corrected chi connectivity index (χ4v) is 3.40. The smallest absolute Gasteiger partial charge is 0.242 e. The second kappa shape index (κ2) is 8.51. The van der Waals surface area contributed by atoms with Crippen LogP contribution in [0.3, 0.4) is 0 Å². The van der Waals surface area contributed by atoms with Gasteiger partial charge < -0.3 is 5.11 Å². The molecule has 0 spiro atoms. The highest BCUT2D eigenvalue weighted by atomic mass is 32.2. The minimum atomic E-state index is -3.40. The van der Waals surface area contributed by atoms with Crippen molar-refractivity contribution >= 4 is 10.0 Å². The van der Waals surface area contributed by atoms with Crippen LogP contribution < -0.4 is 0 Å². The zero-order valence-corrected chi connectivity index (χ0v) is 14.1. The minimum absolute atomic E-state index is 0.160. The van der Waals surface area contributed by atoms with Gasteiger partial charge in [0.25, 0.3) is 0 Å². The highest BCUT2D eigenvalue weighted by Crippen LogP contribution is 2.17. The Morgan fingerprint density at radius 1 is 1.10 bits per heavy atom. The lowest BCUT2D eigenvalue weighted by atomic mass is 10.0. The molecule has 0 unspecified atom stereocenters. The molecule has 0 amide bonds. The molecule has 0 radical (unpaired) electrons. The summed E-state index contributed by atoms with van der Waals surface area (Å²) in [4.78, 5) is 0.347. The normalized spacial score (nSPS) is 12.3. The Morgan fingerprint density at radius 2 is 1.71 bits per heavy atom. The molecule has 0 saturated heterocycles. The molecule has 0 aliphatic rings. The van der Waals surface area contributed by atoms with E-state index in [1.165, 1.54) is 4.31 Å². The SMILES string of the molecule is CC(C)Cc1ccc(S(=O)(=O)N(C)CCCCCO)cc1. The number of rotatable bonds is 9. The molecule has 0 fully saturated rings. The molecule has 0 aromatic heterocycles. The van der Waals surface area contributed by atoms with E-state index in [1.54, 1.807) is 19.2 Å². The predicted molar refractivity (Wildman–Crippen MR) is 85.7 cm³/mol. The summed E-state index contributed by atoms with van der Waals surface area (Å²) in [5.74, 6) is 0.557. The largest absolute Gasteiger partial charge is 0.396 e. The third-order valence-corrected chi connectivity index (χ3v) is 5.28. The summed E-state index contributed by atoms with van der Waals surface area (Å²) < 4.78 is 26.2. The molecule has 5 heteroatoms. The van der Waals surface area contributed by atoms with Crippen LogP contribution in [0.5, 0.6) is 0 Å². The third kappa shape index (κ3) is 5.77. The van der Waals surface area contributed by atoms with Gasteiger partial charge in [0, 0.05) is 20.2 Å². The van der Waals surface area contributed by atoms with Crippen molar-refractivity contribution in [1.82, 2.24) is 4.31 Å². The zero-order chi connectivity index (χ0) is 15.9. The van der Waals surface area contributed by atoms with E-state index in [0.29, 0.717) is 17.4 Å². The molecule has 21 heavy (non-hydrogen) atoms. The first-order valence-electron chi connectivity index (χ1n) is 7.54. The fraction of sp³-hybridized carbons (Fsp3) is 0.625. The van der Waals surface area contributed by atoms with Gasteiger partial charge in [-0.25, -0.2) is 12.7 Å². The van der Waals surface area contributed by atoms with Gasteiger partial charge >= 0.3 is 0 Å². The van der Waals surface area contributed by atoms with Crippen molar-refractivity contribution in [2.75, 3.05) is 20.2 Å². The molecule has 120 valence electrons. The number of benzene rings is 1. The second-order valence-corrected chi connectivity index (χ2v) is 7.90. The Labute approximate surface area is 128 Å². The van der Waals surface area contributed by atoms with Crippen molar-refractivity contribution in [2.24, 2.45) is 5.92 Å². The predicted octanol–water partition coefficient (Wildman–Crippen LogP) is 2.67. The maximum Gasteiger partial charge on any atom is 0.242 e. The first-order chi connectivity index (χ1) is 9.87. The van der Waals surface area contributed by atoms with Crippen LogP contribution in [-0.2, 0) is 16.4 Å². The van der Waals surface area contributed by atoms with Crippen LogP contribution in [0.15, 0.2) is 29.2 Å². The Kier molecular flexibility index (Phi) is 7.35. The number of hydrogen-bond donors (Lipinski definition) is 1. The van der Waals surface area contributed by atoms with Gasteiger partial charge in [0.05, 0.1) is 4.90 Å². The van der Waals surface area contributed by atoms with Crippen LogP contribution in [0.25, 0.3) is 0 Å². The number of sulfonamides is 1. The summed E-state index contributed by atoms with van der Waals surface area (Å²) in [6.07, 6.45) is 3.28. The summed E-state index contributed by atoms with van der Waals surface area (Å²) in [6, 6.07) is 7.17. The third-order valence-electron chi connectivity index (χ3n) is 3.41. The molecule has 1 N–H and O–H groups in total. The summed E-state index contributed by atoms with van der Waals surface area (Å²) in [5, 5.41) is 8.73. The number of unbranched alkanes of at least 4 members (excludes halogenated alkanes) is 2. The van der Waals surface area contributed by atoms with E-state index in [-0.39, 0.29) is 6.61 Å². The first kappa shape index (κ1) is 18.1. The Bertz CT molecular complexity index is 509. The minimum Gasteiger partial charge on any atom is -0.396 e. The average molecular weight is 313 g/mol. The zero-order valence-electron chi connectivity index (χ0n) is 13.2. The van der Waals surface area contributed by atoms with Crippen molar-refractivity contribution in [3.63, 3.8) is 0 Å². The van der Waals surface area contributed by atoms with E-state index in [1.807, 2.05) is 12.1 Å². The van der Waals surface area contributed by atoms with Crippen molar-refractivity contribution in [1.29, 1.82) is 0 Å². The topological polar surface area (TPSA) is 57.6 Å². The summed E-state index contributed by atoms with van der Waals surface area (Å²) >= 11 is 0. The van der Waals surface area contributed by atoms with E-state index in [2.05, 4.69) is 13.8 Å². The fourth-order valence-electron chi connectivity index (χ4n) is 2.19. The van der Waals surface area contributed by atoms with Crippen molar-refractivity contribution in [3.05, 3.63) is 29.8 Å². The second-order valence-electron chi connectivity index (χ2n) is 5.85. The lowest BCUT2D eigenvalue weighted by Crippen LogP contribution is -2.28. The Morgan fingerprint density at radius 3 is 2.24 bits per heavy atom. The van der Waals surface area contributed by atoms with Gasteiger partial charge in [-0.3, -0.25) is 0 Å². The van der Waals surface area contributed by atoms with Gasteiger partial charge in [-0.15, -0.1) is 0 Å². The quantitative estimate of drug-likeness (QED) is 0.713. The van der Waals surface area contributed by atoms with Gasteiger partial charge in [-0.2, -0.15) is 0 Å². The Hall–Kier alpha value is -0.910. The van der Waals surface area contributed by atoms with E-state index in [0.717, 1.165) is 31.2 Å². The maximum absolute atomic E-state index is 12.4. The molecule has 0 heterocycles. The van der Waals surface area contributed by atoms with Crippen LogP contribution in [0, 0.1) is 5.92 Å². The number of nitrogens with zero attached hydrogens (tertiary/aromatic N) is 1. The van der Waals surface area contributed by atoms with E-state index < -0.39 is 10.0 Å². The Balaban J connectivity index is 2.68. The number of aliphatic hydroxyl groups is 1. The highest BCUT2D eigenvalue weighted by Gasteiger charge is 2.19. The molecule has 1 rings (SSSR count). The molecule has 0 bridgehead atoms. The van der Waals surface area contributed by atoms with Crippen LogP contribution in [0.2, 0.25) is 0 Å². The molecular formula is C16H27NO3S. The lowest BCUT2D eigenvalue weighted by Gasteiger charge is -2.17. The summed E-state index contributed by atoms with van der Waals surface area (Å²) in [7, 11) is -1.79. The van der Waals surface area contributed by atoms with E-state index >= 15 is 0 Å². The lowest BCUT2D eigenvalue weighted by molar-refractivity contribution is 0.281. The van der Waals surface area contributed by atoms with Crippen LogP contribution in [0.4, 0.5) is 0 Å². The van der Waals surface area contributed by atoms with Gasteiger partial charge in [0.2, 0.25) is 10.0 Å².